The van der Waals surface area contributed by atoms with Crippen molar-refractivity contribution >= 4 is 61.8 Å². The van der Waals surface area contributed by atoms with Gasteiger partial charge in [0.25, 0.3) is 11.8 Å². The largest absolute Gasteiger partial charge is 0.398 e. The number of nitrogens with zero attached hydrogens (tertiary/aromatic N) is 3. The highest BCUT2D eigenvalue weighted by Crippen LogP contribution is 2.23. The molecule has 0 saturated carbocycles. The molecule has 3 N–H and O–H groups in total. The summed E-state index contributed by atoms with van der Waals surface area (Å²) in [7, 11) is -3.52. The lowest BCUT2D eigenvalue weighted by Crippen LogP contribution is -2.71. The van der Waals surface area contributed by atoms with Crippen LogP contribution in [0.1, 0.15) is 12.6 Å². The lowest BCUT2D eigenvalue weighted by Gasteiger charge is -2.42. The maximum absolute atomic E-state index is 12.4. The van der Waals surface area contributed by atoms with Crippen LogP contribution in [-0.4, -0.2) is 70.8 Å². The Kier molecular flexibility index (Phi) is 6.35. The maximum Gasteiger partial charge on any atom is 0.362 e. The van der Waals surface area contributed by atoms with Gasteiger partial charge < -0.3 is 15.5 Å². The Bertz CT molecular complexity index is 900. The zero-order chi connectivity index (χ0) is 20.4. The SMILES string of the molecule is CON=C(C(=O)N[C@@H]1C(=O)N(S(=O)(=O)O)[C@H]1C)c1csc(NC(=O)CCl)n1. The molecule has 0 bridgehead atoms. The normalized spacial score (nSPS) is 20.1. The van der Waals surface area contributed by atoms with E-state index in [9.17, 15) is 22.8 Å². The van der Waals surface area contributed by atoms with Gasteiger partial charge in [0.2, 0.25) is 5.91 Å². The summed E-state index contributed by atoms with van der Waals surface area (Å²) in [6.45, 7) is 1.33. The van der Waals surface area contributed by atoms with Crippen molar-refractivity contribution in [1.82, 2.24) is 14.6 Å². The maximum atomic E-state index is 12.4. The first kappa shape index (κ1) is 21.0. The Morgan fingerprint density at radius 1 is 1.52 bits per heavy atom. The van der Waals surface area contributed by atoms with Crippen LogP contribution in [0.5, 0.6) is 0 Å². The number of rotatable bonds is 7. The number of hydrogen-bond donors (Lipinski definition) is 3. The molecule has 15 heteroatoms. The van der Waals surface area contributed by atoms with Crippen molar-refractivity contribution in [2.24, 2.45) is 5.16 Å². The van der Waals surface area contributed by atoms with Crippen molar-refractivity contribution in [3.8, 4) is 0 Å². The van der Waals surface area contributed by atoms with Crippen LogP contribution in [0.3, 0.4) is 0 Å². The van der Waals surface area contributed by atoms with E-state index in [0.29, 0.717) is 0 Å². The van der Waals surface area contributed by atoms with Gasteiger partial charge in [0.1, 0.15) is 24.7 Å². The van der Waals surface area contributed by atoms with Gasteiger partial charge in [-0.15, -0.1) is 22.9 Å². The van der Waals surface area contributed by atoms with Gasteiger partial charge in [-0.25, -0.2) is 9.29 Å². The topological polar surface area (TPSA) is 167 Å². The Balaban J connectivity index is 2.14. The highest BCUT2D eigenvalue weighted by atomic mass is 35.5. The van der Waals surface area contributed by atoms with Gasteiger partial charge >= 0.3 is 10.3 Å². The van der Waals surface area contributed by atoms with E-state index < -0.39 is 40.1 Å². The Morgan fingerprint density at radius 2 is 2.19 bits per heavy atom. The first-order valence-electron chi connectivity index (χ1n) is 7.14. The molecule has 1 saturated heterocycles. The molecule has 2 heterocycles. The van der Waals surface area contributed by atoms with Crippen molar-refractivity contribution in [3.05, 3.63) is 11.1 Å². The molecule has 0 unspecified atom stereocenters. The Hall–Kier alpha value is -2.29. The van der Waals surface area contributed by atoms with Crippen LogP contribution >= 0.6 is 22.9 Å². The number of amides is 3. The third-order valence-electron chi connectivity index (χ3n) is 3.38. The van der Waals surface area contributed by atoms with Gasteiger partial charge in [0, 0.05) is 5.38 Å². The molecule has 12 nitrogen and oxygen atoms in total. The first-order chi connectivity index (χ1) is 12.6. The molecule has 0 aromatic carbocycles. The first-order valence-corrected chi connectivity index (χ1v) is 9.95. The summed E-state index contributed by atoms with van der Waals surface area (Å²) in [5, 5.41) is 9.84. The number of β-lactam (4-membered cyclic amide) rings is 1. The second-order valence-electron chi connectivity index (χ2n) is 5.15. The van der Waals surface area contributed by atoms with Gasteiger partial charge in [-0.1, -0.05) is 5.16 Å². The molecule has 1 aromatic heterocycles. The quantitative estimate of drug-likeness (QED) is 0.163. The zero-order valence-corrected chi connectivity index (χ0v) is 16.3. The lowest BCUT2D eigenvalue weighted by atomic mass is 10.0. The molecule has 1 aromatic rings. The molecular formula is C12H14ClN5O7S2. The predicted octanol–water partition coefficient (Wildman–Crippen LogP) is -0.811. The van der Waals surface area contributed by atoms with E-state index in [1.807, 2.05) is 0 Å². The highest BCUT2D eigenvalue weighted by Gasteiger charge is 2.51. The molecule has 1 aliphatic heterocycles. The molecule has 0 spiro atoms. The number of halogens is 1. The van der Waals surface area contributed by atoms with Crippen LogP contribution in [0.2, 0.25) is 0 Å². The van der Waals surface area contributed by atoms with Crippen molar-refractivity contribution < 1.29 is 32.2 Å². The second kappa shape index (κ2) is 8.16. The fourth-order valence-electron chi connectivity index (χ4n) is 2.20. The molecule has 2 atom stereocenters. The minimum absolute atomic E-state index is 0.0512. The van der Waals surface area contributed by atoms with E-state index in [-0.39, 0.29) is 26.7 Å². The minimum atomic E-state index is -4.71. The van der Waals surface area contributed by atoms with Crippen molar-refractivity contribution in [1.29, 1.82) is 0 Å². The molecule has 2 rings (SSSR count). The van der Waals surface area contributed by atoms with Gasteiger partial charge in [0.05, 0.1) is 6.04 Å². The summed E-state index contributed by atoms with van der Waals surface area (Å²) in [4.78, 5) is 44.2. The van der Waals surface area contributed by atoms with E-state index in [1.165, 1.54) is 19.4 Å². The van der Waals surface area contributed by atoms with Gasteiger partial charge in [0.15, 0.2) is 10.8 Å². The van der Waals surface area contributed by atoms with Crippen LogP contribution in [0.25, 0.3) is 0 Å². The molecule has 27 heavy (non-hydrogen) atoms. The fourth-order valence-corrected chi connectivity index (χ4v) is 3.86. The minimum Gasteiger partial charge on any atom is -0.398 e. The number of anilines is 1. The molecule has 0 radical (unpaired) electrons. The average molecular weight is 440 g/mol. The summed E-state index contributed by atoms with van der Waals surface area (Å²) in [6.07, 6.45) is 0. The van der Waals surface area contributed by atoms with E-state index in [0.717, 1.165) is 11.3 Å². The molecule has 148 valence electrons. The van der Waals surface area contributed by atoms with Crippen LogP contribution in [-0.2, 0) is 29.5 Å². The predicted molar refractivity (Wildman–Crippen MR) is 94.8 cm³/mol. The van der Waals surface area contributed by atoms with Crippen molar-refractivity contribution in [2.45, 2.75) is 19.0 Å². The van der Waals surface area contributed by atoms with Gasteiger partial charge in [-0.3, -0.25) is 18.9 Å². The van der Waals surface area contributed by atoms with E-state index in [4.69, 9.17) is 16.2 Å². The smallest absolute Gasteiger partial charge is 0.362 e. The summed E-state index contributed by atoms with van der Waals surface area (Å²) in [5.74, 6) is -2.63. The molecule has 1 aliphatic rings. The molecular weight excluding hydrogens is 426 g/mol. The summed E-state index contributed by atoms with van der Waals surface area (Å²) in [5.41, 5.74) is -0.249. The van der Waals surface area contributed by atoms with Crippen LogP contribution in [0.15, 0.2) is 10.5 Å². The van der Waals surface area contributed by atoms with E-state index >= 15 is 0 Å². The van der Waals surface area contributed by atoms with Gasteiger partial charge in [-0.2, -0.15) is 8.42 Å². The Labute approximate surface area is 162 Å². The van der Waals surface area contributed by atoms with E-state index in [1.54, 1.807) is 0 Å². The third-order valence-corrected chi connectivity index (χ3v) is 5.39. The monoisotopic (exact) mass is 439 g/mol. The molecule has 1 fully saturated rings. The lowest BCUT2D eigenvalue weighted by molar-refractivity contribution is -0.143. The second-order valence-corrected chi connectivity index (χ2v) is 7.56. The number of hydrogen-bond acceptors (Lipinski definition) is 9. The molecule has 0 aliphatic carbocycles. The number of alkyl halides is 1. The average Bonchev–Trinajstić information content (AvgIpc) is 3.04. The highest BCUT2D eigenvalue weighted by molar-refractivity contribution is 7.84. The van der Waals surface area contributed by atoms with Gasteiger partial charge in [-0.05, 0) is 6.92 Å². The molecule has 3 amide bonds. The fraction of sp³-hybridized carbons (Fsp3) is 0.417. The number of oxime groups is 1. The number of nitrogens with one attached hydrogen (secondary N) is 2. The van der Waals surface area contributed by atoms with Crippen molar-refractivity contribution in [2.75, 3.05) is 18.3 Å². The standard InChI is InChI=1S/C12H14ClN5O7S2/c1-5-8(11(21)18(5)27(22,23)24)16-10(20)9(17-25-2)6-4-26-12(14-6)15-7(19)3-13/h4-5,8H,3H2,1-2H3,(H,16,20)(H,14,15,19)(H,22,23,24)/t5-,8-/m0/s1. The number of thiazole rings is 1. The number of carbonyl (C=O) groups is 3. The number of carbonyl (C=O) groups excluding carboxylic acids is 3. The van der Waals surface area contributed by atoms with Crippen LogP contribution < -0.4 is 10.6 Å². The third kappa shape index (κ3) is 4.52. The number of aromatic nitrogens is 1. The van der Waals surface area contributed by atoms with Crippen LogP contribution in [0, 0.1) is 0 Å². The Morgan fingerprint density at radius 3 is 2.70 bits per heavy atom. The van der Waals surface area contributed by atoms with Crippen LogP contribution in [0.4, 0.5) is 5.13 Å². The summed E-state index contributed by atoms with van der Waals surface area (Å²) < 4.78 is 31.4. The zero-order valence-electron chi connectivity index (χ0n) is 13.9. The summed E-state index contributed by atoms with van der Waals surface area (Å²) >= 11 is 6.39. The summed E-state index contributed by atoms with van der Waals surface area (Å²) in [6, 6.07) is -2.18. The van der Waals surface area contributed by atoms with E-state index in [2.05, 4.69) is 25.6 Å². The van der Waals surface area contributed by atoms with Crippen molar-refractivity contribution in [3.63, 3.8) is 0 Å².